The highest BCUT2D eigenvalue weighted by molar-refractivity contribution is 8.18. The molecule has 1 fully saturated rings. The van der Waals surface area contributed by atoms with Crippen LogP contribution < -0.4 is 9.47 Å². The highest BCUT2D eigenvalue weighted by atomic mass is 35.5. The van der Waals surface area contributed by atoms with Crippen LogP contribution in [0.15, 0.2) is 78.2 Å². The number of amides is 2. The van der Waals surface area contributed by atoms with Gasteiger partial charge in [0, 0.05) is 22.7 Å². The fraction of sp³-hybridized carbons (Fsp3) is 0.143. The van der Waals surface area contributed by atoms with Crippen molar-refractivity contribution in [2.45, 2.75) is 19.6 Å². The maximum atomic E-state index is 13.0. The van der Waals surface area contributed by atoms with Gasteiger partial charge < -0.3 is 9.47 Å². The Morgan fingerprint density at radius 2 is 1.76 bits per heavy atom. The fourth-order valence-electron chi connectivity index (χ4n) is 3.82. The zero-order valence-electron chi connectivity index (χ0n) is 20.4. The van der Waals surface area contributed by atoms with Gasteiger partial charge in [0.15, 0.2) is 11.5 Å². The normalized spacial score (nSPS) is 14.2. The summed E-state index contributed by atoms with van der Waals surface area (Å²) in [6.45, 7) is 4.15. The van der Waals surface area contributed by atoms with Crippen molar-refractivity contribution in [1.82, 2.24) is 4.90 Å². The van der Waals surface area contributed by atoms with E-state index in [0.29, 0.717) is 40.7 Å². The summed E-state index contributed by atoms with van der Waals surface area (Å²) in [6.07, 6.45) is 3.88. The van der Waals surface area contributed by atoms with Crippen LogP contribution in [0.2, 0.25) is 5.02 Å². The molecule has 1 saturated heterocycles. The molecule has 3 aromatic carbocycles. The van der Waals surface area contributed by atoms with Gasteiger partial charge in [-0.3, -0.25) is 24.6 Å². The van der Waals surface area contributed by atoms with Gasteiger partial charge >= 0.3 is 0 Å². The van der Waals surface area contributed by atoms with E-state index in [1.807, 2.05) is 18.2 Å². The molecule has 1 heterocycles. The predicted octanol–water partition coefficient (Wildman–Crippen LogP) is 6.80. The lowest BCUT2D eigenvalue weighted by molar-refractivity contribution is -0.384. The lowest BCUT2D eigenvalue weighted by Crippen LogP contribution is -2.27. The average Bonchev–Trinajstić information content (AvgIpc) is 3.16. The summed E-state index contributed by atoms with van der Waals surface area (Å²) in [5.41, 5.74) is 2.96. The number of allylic oxidation sites excluding steroid dienone is 1. The minimum atomic E-state index is -0.504. The van der Waals surface area contributed by atoms with Gasteiger partial charge in [-0.25, -0.2) is 0 Å². The predicted molar refractivity (Wildman–Crippen MR) is 147 cm³/mol. The van der Waals surface area contributed by atoms with Crippen molar-refractivity contribution in [3.05, 3.63) is 116 Å². The van der Waals surface area contributed by atoms with Crippen molar-refractivity contribution in [1.29, 1.82) is 0 Å². The van der Waals surface area contributed by atoms with Gasteiger partial charge in [-0.15, -0.1) is 6.58 Å². The molecule has 8 nitrogen and oxygen atoms in total. The van der Waals surface area contributed by atoms with Gasteiger partial charge in [0.2, 0.25) is 0 Å². The summed E-state index contributed by atoms with van der Waals surface area (Å²) < 4.78 is 11.7. The SMILES string of the molecule is C=CCc1cc(/C=C2\SC(=O)N(Cc3ccc([N+](=O)[O-])cc3)C2=O)cc(OC)c1OCc1ccc(Cl)cc1. The van der Waals surface area contributed by atoms with Crippen molar-refractivity contribution in [2.24, 2.45) is 0 Å². The molecule has 4 rings (SSSR count). The average molecular weight is 551 g/mol. The number of hydrogen-bond acceptors (Lipinski definition) is 7. The highest BCUT2D eigenvalue weighted by Crippen LogP contribution is 2.38. The summed E-state index contributed by atoms with van der Waals surface area (Å²) >= 11 is 6.80. The second-order valence-corrected chi connectivity index (χ2v) is 9.74. The van der Waals surface area contributed by atoms with E-state index in [0.717, 1.165) is 27.8 Å². The summed E-state index contributed by atoms with van der Waals surface area (Å²) in [4.78, 5) is 37.4. The Hall–Kier alpha value is -4.08. The number of carbonyl (C=O) groups excluding carboxylic acids is 2. The Labute approximate surface area is 228 Å². The number of ether oxygens (including phenoxy) is 2. The standard InChI is InChI=1S/C28H23ClN2O6S/c1-3-4-21-13-20(14-24(36-2)26(21)37-17-19-5-9-22(29)10-6-19)15-25-27(32)30(28(33)38-25)16-18-7-11-23(12-8-18)31(34)35/h3,5-15H,1,4,16-17H2,2H3/b25-15-. The number of benzene rings is 3. The maximum Gasteiger partial charge on any atom is 0.293 e. The first kappa shape index (κ1) is 27.0. The Morgan fingerprint density at radius 1 is 1.08 bits per heavy atom. The van der Waals surface area contributed by atoms with Gasteiger partial charge in [-0.05, 0) is 65.2 Å². The number of thioether (sulfide) groups is 1. The molecule has 0 aromatic heterocycles. The molecule has 1 aliphatic heterocycles. The molecule has 194 valence electrons. The molecule has 10 heteroatoms. The van der Waals surface area contributed by atoms with Crippen molar-refractivity contribution in [2.75, 3.05) is 7.11 Å². The quantitative estimate of drug-likeness (QED) is 0.118. The van der Waals surface area contributed by atoms with Crippen LogP contribution in [0.4, 0.5) is 10.5 Å². The van der Waals surface area contributed by atoms with E-state index in [9.17, 15) is 19.7 Å². The van der Waals surface area contributed by atoms with Gasteiger partial charge in [0.25, 0.3) is 16.8 Å². The largest absolute Gasteiger partial charge is 0.493 e. The summed E-state index contributed by atoms with van der Waals surface area (Å²) in [5.74, 6) is 0.603. The molecule has 0 N–H and O–H groups in total. The van der Waals surface area contributed by atoms with E-state index in [4.69, 9.17) is 21.1 Å². The fourth-order valence-corrected chi connectivity index (χ4v) is 4.78. The van der Waals surface area contributed by atoms with Crippen molar-refractivity contribution >= 4 is 46.3 Å². The van der Waals surface area contributed by atoms with Gasteiger partial charge in [0.05, 0.1) is 23.5 Å². The van der Waals surface area contributed by atoms with Crippen LogP contribution in [-0.2, 0) is 24.4 Å². The number of nitro groups is 1. The topological polar surface area (TPSA) is 99.0 Å². The third-order valence-electron chi connectivity index (χ3n) is 5.69. The molecule has 38 heavy (non-hydrogen) atoms. The van der Waals surface area contributed by atoms with Crippen LogP contribution in [-0.4, -0.2) is 28.1 Å². The van der Waals surface area contributed by atoms with Crippen LogP contribution in [0.3, 0.4) is 0 Å². The van der Waals surface area contributed by atoms with Crippen LogP contribution in [0, 0.1) is 10.1 Å². The second kappa shape index (κ2) is 12.0. The highest BCUT2D eigenvalue weighted by Gasteiger charge is 2.35. The number of rotatable bonds is 10. The minimum Gasteiger partial charge on any atom is -0.493 e. The van der Waals surface area contributed by atoms with Crippen molar-refractivity contribution < 1.29 is 24.0 Å². The number of carbonyl (C=O) groups is 2. The summed E-state index contributed by atoms with van der Waals surface area (Å²) in [6, 6.07) is 16.7. The number of methoxy groups -OCH3 is 1. The lowest BCUT2D eigenvalue weighted by Gasteiger charge is -2.16. The van der Waals surface area contributed by atoms with Crippen LogP contribution >= 0.6 is 23.4 Å². The molecule has 3 aromatic rings. The molecule has 0 atom stereocenters. The van der Waals surface area contributed by atoms with Crippen molar-refractivity contribution in [3.63, 3.8) is 0 Å². The molecule has 0 unspecified atom stereocenters. The molecule has 0 radical (unpaired) electrons. The first-order valence-electron chi connectivity index (χ1n) is 11.5. The monoisotopic (exact) mass is 550 g/mol. The smallest absolute Gasteiger partial charge is 0.293 e. The third-order valence-corrected chi connectivity index (χ3v) is 6.85. The Kier molecular flexibility index (Phi) is 8.50. The first-order chi connectivity index (χ1) is 18.3. The van der Waals surface area contributed by atoms with E-state index < -0.39 is 16.1 Å². The molecule has 0 bridgehead atoms. The van der Waals surface area contributed by atoms with Crippen molar-refractivity contribution in [3.8, 4) is 11.5 Å². The van der Waals surface area contributed by atoms with Crippen LogP contribution in [0.5, 0.6) is 11.5 Å². The van der Waals surface area contributed by atoms with E-state index in [1.54, 1.807) is 30.4 Å². The van der Waals surface area contributed by atoms with Crippen LogP contribution in [0.25, 0.3) is 6.08 Å². The zero-order chi connectivity index (χ0) is 27.2. The molecule has 2 amide bonds. The maximum absolute atomic E-state index is 13.0. The molecule has 0 saturated carbocycles. The summed E-state index contributed by atoms with van der Waals surface area (Å²) in [5, 5.41) is 11.1. The molecular weight excluding hydrogens is 528 g/mol. The molecule has 0 aliphatic carbocycles. The number of nitro benzene ring substituents is 1. The van der Waals surface area contributed by atoms with Gasteiger partial charge in [-0.1, -0.05) is 41.9 Å². The number of nitrogens with zero attached hydrogens (tertiary/aromatic N) is 2. The van der Waals surface area contributed by atoms with E-state index in [2.05, 4.69) is 6.58 Å². The Morgan fingerprint density at radius 3 is 2.39 bits per heavy atom. The van der Waals surface area contributed by atoms with Crippen LogP contribution in [0.1, 0.15) is 22.3 Å². The number of imide groups is 1. The molecule has 0 spiro atoms. The Bertz CT molecular complexity index is 1420. The first-order valence-corrected chi connectivity index (χ1v) is 12.7. The van der Waals surface area contributed by atoms with E-state index in [-0.39, 0.29) is 17.1 Å². The molecular formula is C28H23ClN2O6S. The second-order valence-electron chi connectivity index (χ2n) is 8.31. The van der Waals surface area contributed by atoms with E-state index >= 15 is 0 Å². The Balaban J connectivity index is 1.56. The third kappa shape index (κ3) is 6.24. The summed E-state index contributed by atoms with van der Waals surface area (Å²) in [7, 11) is 1.53. The number of halogens is 1. The minimum absolute atomic E-state index is 0.0164. The molecule has 1 aliphatic rings. The lowest BCUT2D eigenvalue weighted by atomic mass is 10.0. The number of hydrogen-bond donors (Lipinski definition) is 0. The van der Waals surface area contributed by atoms with E-state index in [1.165, 1.54) is 31.4 Å². The zero-order valence-corrected chi connectivity index (χ0v) is 22.0. The van der Waals surface area contributed by atoms with Gasteiger partial charge in [-0.2, -0.15) is 0 Å². The van der Waals surface area contributed by atoms with Gasteiger partial charge in [0.1, 0.15) is 6.61 Å². The number of non-ortho nitro benzene ring substituents is 1.